The topological polar surface area (TPSA) is 37.4 Å². The van der Waals surface area contributed by atoms with Crippen LogP contribution in [0.25, 0.3) is 0 Å². The van der Waals surface area contributed by atoms with Crippen LogP contribution in [-0.2, 0) is 0 Å². The lowest BCUT2D eigenvalue weighted by Crippen LogP contribution is -2.29. The maximum atomic E-state index is 12.0. The van der Waals surface area contributed by atoms with Crippen LogP contribution in [0.5, 0.6) is 0 Å². The summed E-state index contributed by atoms with van der Waals surface area (Å²) < 4.78 is 0. The molecule has 0 spiro atoms. The van der Waals surface area contributed by atoms with Crippen molar-refractivity contribution in [2.45, 2.75) is 27.2 Å². The molecule has 1 aromatic rings. The minimum absolute atomic E-state index is 0.204. The molecule has 0 aromatic heterocycles. The fourth-order valence-corrected chi connectivity index (χ4v) is 2.01. The molecule has 0 saturated carbocycles. The molecule has 1 aliphatic heterocycles. The summed E-state index contributed by atoms with van der Waals surface area (Å²) in [6.45, 7) is 6.42. The number of carbonyl (C=O) groups is 2. The summed E-state index contributed by atoms with van der Waals surface area (Å²) in [6, 6.07) is 5.22. The number of hydrogen-bond acceptors (Lipinski definition) is 2. The van der Waals surface area contributed by atoms with Gasteiger partial charge < -0.3 is 0 Å². The van der Waals surface area contributed by atoms with Crippen LogP contribution in [0.2, 0.25) is 0 Å². The fourth-order valence-electron chi connectivity index (χ4n) is 2.01. The van der Waals surface area contributed by atoms with Gasteiger partial charge in [0.2, 0.25) is 0 Å². The Morgan fingerprint density at radius 3 is 2.47 bits per heavy atom. The molecular weight excluding hydrogens is 238 g/mol. The zero-order valence-electron chi connectivity index (χ0n) is 11.5. The highest BCUT2D eigenvalue weighted by Crippen LogP contribution is 2.23. The Hall–Kier alpha value is -2.08. The molecule has 0 radical (unpaired) electrons. The third-order valence-electron chi connectivity index (χ3n) is 3.03. The molecule has 0 unspecified atom stereocenters. The minimum Gasteiger partial charge on any atom is -0.275 e. The summed E-state index contributed by atoms with van der Waals surface area (Å²) >= 11 is 0. The summed E-state index contributed by atoms with van der Waals surface area (Å²) in [5, 5.41) is 0. The van der Waals surface area contributed by atoms with Gasteiger partial charge in [0.05, 0.1) is 11.1 Å². The van der Waals surface area contributed by atoms with E-state index in [1.54, 1.807) is 25.1 Å². The van der Waals surface area contributed by atoms with Gasteiger partial charge in [-0.2, -0.15) is 0 Å². The third kappa shape index (κ3) is 2.53. The van der Waals surface area contributed by atoms with Crippen LogP contribution in [0.15, 0.2) is 18.2 Å². The molecule has 0 bridgehead atoms. The van der Waals surface area contributed by atoms with Gasteiger partial charge in [0.15, 0.2) is 0 Å². The van der Waals surface area contributed by atoms with E-state index in [1.807, 2.05) is 0 Å². The van der Waals surface area contributed by atoms with Crippen LogP contribution in [0.3, 0.4) is 0 Å². The van der Waals surface area contributed by atoms with Crippen LogP contribution >= 0.6 is 0 Å². The number of amides is 2. The normalized spacial score (nSPS) is 13.6. The van der Waals surface area contributed by atoms with Gasteiger partial charge in [0, 0.05) is 18.5 Å². The van der Waals surface area contributed by atoms with Crippen LogP contribution < -0.4 is 0 Å². The maximum absolute atomic E-state index is 12.0. The lowest BCUT2D eigenvalue weighted by atomic mass is 10.1. The van der Waals surface area contributed by atoms with Gasteiger partial charge in [-0.25, -0.2) is 0 Å². The summed E-state index contributed by atoms with van der Waals surface area (Å²) in [4.78, 5) is 25.2. The number of carbonyl (C=O) groups excluding carboxylic acids is 2. The van der Waals surface area contributed by atoms with E-state index >= 15 is 0 Å². The van der Waals surface area contributed by atoms with Crippen LogP contribution in [0, 0.1) is 17.8 Å². The van der Waals surface area contributed by atoms with E-state index in [4.69, 9.17) is 0 Å². The Morgan fingerprint density at radius 2 is 1.84 bits per heavy atom. The molecule has 19 heavy (non-hydrogen) atoms. The zero-order valence-corrected chi connectivity index (χ0v) is 11.5. The molecule has 98 valence electrons. The average Bonchev–Trinajstić information content (AvgIpc) is 2.61. The molecule has 0 fully saturated rings. The predicted octanol–water partition coefficient (Wildman–Crippen LogP) is 2.70. The number of imide groups is 1. The van der Waals surface area contributed by atoms with E-state index in [9.17, 15) is 9.59 Å². The Morgan fingerprint density at radius 1 is 1.16 bits per heavy atom. The number of benzene rings is 1. The number of fused-ring (bicyclic) bond motifs is 1. The van der Waals surface area contributed by atoms with Gasteiger partial charge in [-0.1, -0.05) is 25.7 Å². The monoisotopic (exact) mass is 255 g/mol. The molecular formula is C16H17NO2. The molecule has 0 N–H and O–H groups in total. The lowest BCUT2D eigenvalue weighted by Gasteiger charge is -2.08. The summed E-state index contributed by atoms with van der Waals surface area (Å²) in [6.07, 6.45) is 0.824. The second kappa shape index (κ2) is 5.27. The first kappa shape index (κ1) is 13.4. The van der Waals surface area contributed by atoms with Crippen molar-refractivity contribution < 1.29 is 9.59 Å². The Labute approximate surface area is 113 Å². The zero-order chi connectivity index (χ0) is 14.0. The highest BCUT2D eigenvalue weighted by molar-refractivity contribution is 6.21. The van der Waals surface area contributed by atoms with Crippen molar-refractivity contribution in [2.75, 3.05) is 6.54 Å². The van der Waals surface area contributed by atoms with E-state index in [0.29, 0.717) is 23.6 Å². The molecule has 0 aliphatic carbocycles. The number of nitrogens with zero attached hydrogens (tertiary/aromatic N) is 1. The first-order valence-corrected chi connectivity index (χ1v) is 6.53. The van der Waals surface area contributed by atoms with Gasteiger partial charge in [-0.3, -0.25) is 14.5 Å². The number of rotatable bonds is 2. The van der Waals surface area contributed by atoms with Crippen molar-refractivity contribution in [2.24, 2.45) is 5.92 Å². The van der Waals surface area contributed by atoms with Crippen molar-refractivity contribution >= 4 is 11.8 Å². The van der Waals surface area contributed by atoms with Crippen molar-refractivity contribution in [3.8, 4) is 11.8 Å². The quantitative estimate of drug-likeness (QED) is 0.602. The van der Waals surface area contributed by atoms with Gasteiger partial charge in [-0.05, 0) is 31.0 Å². The number of hydrogen-bond donors (Lipinski definition) is 0. The fraction of sp³-hybridized carbons (Fsp3) is 0.375. The maximum Gasteiger partial charge on any atom is 0.261 e. The Kier molecular flexibility index (Phi) is 3.71. The SMILES string of the molecule is CCN1C(=O)c2ccc(C#CCC(C)C)cc2C1=O. The molecule has 0 saturated heterocycles. The van der Waals surface area contributed by atoms with Gasteiger partial charge in [0.1, 0.15) is 0 Å². The van der Waals surface area contributed by atoms with Crippen molar-refractivity contribution in [1.29, 1.82) is 0 Å². The van der Waals surface area contributed by atoms with Crippen molar-refractivity contribution in [3.05, 3.63) is 34.9 Å². The van der Waals surface area contributed by atoms with E-state index in [0.717, 1.165) is 12.0 Å². The second-order valence-corrected chi connectivity index (χ2v) is 5.01. The molecule has 3 nitrogen and oxygen atoms in total. The second-order valence-electron chi connectivity index (χ2n) is 5.01. The molecule has 2 rings (SSSR count). The van der Waals surface area contributed by atoms with Crippen molar-refractivity contribution in [3.63, 3.8) is 0 Å². The third-order valence-corrected chi connectivity index (χ3v) is 3.03. The van der Waals surface area contributed by atoms with Crippen LogP contribution in [0.1, 0.15) is 53.5 Å². The predicted molar refractivity (Wildman–Crippen MR) is 73.8 cm³/mol. The van der Waals surface area contributed by atoms with E-state index in [1.165, 1.54) is 4.90 Å². The molecule has 2 amide bonds. The minimum atomic E-state index is -0.213. The first-order chi connectivity index (χ1) is 9.04. The highest BCUT2D eigenvalue weighted by Gasteiger charge is 2.34. The van der Waals surface area contributed by atoms with Crippen molar-refractivity contribution in [1.82, 2.24) is 4.90 Å². The van der Waals surface area contributed by atoms with E-state index in [-0.39, 0.29) is 11.8 Å². The summed E-state index contributed by atoms with van der Waals surface area (Å²) in [7, 11) is 0. The van der Waals surface area contributed by atoms with E-state index < -0.39 is 0 Å². The first-order valence-electron chi connectivity index (χ1n) is 6.53. The highest BCUT2D eigenvalue weighted by atomic mass is 16.2. The Balaban J connectivity index is 2.31. The van der Waals surface area contributed by atoms with Gasteiger partial charge in [0.25, 0.3) is 11.8 Å². The van der Waals surface area contributed by atoms with Crippen LogP contribution in [0.4, 0.5) is 0 Å². The average molecular weight is 255 g/mol. The molecule has 3 heteroatoms. The molecule has 1 heterocycles. The largest absolute Gasteiger partial charge is 0.275 e. The smallest absolute Gasteiger partial charge is 0.261 e. The van der Waals surface area contributed by atoms with Gasteiger partial charge >= 0.3 is 0 Å². The molecule has 1 aliphatic rings. The Bertz CT molecular complexity index is 591. The summed E-state index contributed by atoms with van der Waals surface area (Å²) in [5.74, 6) is 6.24. The van der Waals surface area contributed by atoms with E-state index in [2.05, 4.69) is 25.7 Å². The molecule has 1 aromatic carbocycles. The summed E-state index contributed by atoms with van der Waals surface area (Å²) in [5.41, 5.74) is 1.75. The standard InChI is InChI=1S/C16H17NO2/c1-4-17-15(18)13-9-8-12(7-5-6-11(2)3)10-14(13)16(17)19/h8-11H,4,6H2,1-3H3. The van der Waals surface area contributed by atoms with Gasteiger partial charge in [-0.15, -0.1) is 0 Å². The molecule has 0 atom stereocenters. The van der Waals surface area contributed by atoms with Crippen LogP contribution in [-0.4, -0.2) is 23.3 Å². The lowest BCUT2D eigenvalue weighted by molar-refractivity contribution is 0.0663.